The van der Waals surface area contributed by atoms with Crippen molar-refractivity contribution < 1.29 is 9.59 Å². The molecule has 0 bridgehead atoms. The molecule has 8 heteroatoms. The van der Waals surface area contributed by atoms with Gasteiger partial charge in [0.1, 0.15) is 6.04 Å². The fourth-order valence-electron chi connectivity index (χ4n) is 2.84. The largest absolute Gasteiger partial charge is 0.368 e. The molecule has 0 aromatic carbocycles. The van der Waals surface area contributed by atoms with E-state index in [0.29, 0.717) is 32.5 Å². The zero-order chi connectivity index (χ0) is 17.0. The van der Waals surface area contributed by atoms with Gasteiger partial charge in [-0.15, -0.1) is 0 Å². The molecule has 0 unspecified atom stereocenters. The van der Waals surface area contributed by atoms with Crippen molar-refractivity contribution in [2.75, 3.05) is 32.4 Å². The number of piperazine rings is 1. The molecule has 0 radical (unpaired) electrons. The maximum absolute atomic E-state index is 12.4. The van der Waals surface area contributed by atoms with Crippen molar-refractivity contribution in [1.82, 2.24) is 25.5 Å². The van der Waals surface area contributed by atoms with Crippen LogP contribution in [0.25, 0.3) is 0 Å². The van der Waals surface area contributed by atoms with Gasteiger partial charge in [0.2, 0.25) is 17.8 Å². The fraction of sp³-hybridized carbons (Fsp3) is 0.600. The van der Waals surface area contributed by atoms with Gasteiger partial charge in [-0.2, -0.15) is 0 Å². The average Bonchev–Trinajstić information content (AvgIpc) is 2.53. The van der Waals surface area contributed by atoms with E-state index < -0.39 is 0 Å². The molecule has 1 aromatic rings. The van der Waals surface area contributed by atoms with Crippen LogP contribution in [0.15, 0.2) is 0 Å². The maximum atomic E-state index is 12.4. The Kier molecular flexibility index (Phi) is 5.49. The molecule has 4 N–H and O–H groups in total. The molecule has 1 aliphatic rings. The number of amides is 2. The lowest BCUT2D eigenvalue weighted by Crippen LogP contribution is -2.57. The van der Waals surface area contributed by atoms with Gasteiger partial charge in [0, 0.05) is 44.5 Å². The van der Waals surface area contributed by atoms with E-state index in [4.69, 9.17) is 5.73 Å². The number of nitrogens with zero attached hydrogens (tertiary/aromatic N) is 3. The van der Waals surface area contributed by atoms with Crippen LogP contribution < -0.4 is 16.4 Å². The number of hydrogen-bond acceptors (Lipinski definition) is 6. The van der Waals surface area contributed by atoms with Crippen molar-refractivity contribution >= 4 is 17.8 Å². The highest BCUT2D eigenvalue weighted by Crippen LogP contribution is 2.14. The van der Waals surface area contributed by atoms with Crippen LogP contribution in [0.1, 0.15) is 23.4 Å². The van der Waals surface area contributed by atoms with Gasteiger partial charge in [-0.1, -0.05) is 0 Å². The number of hydrogen-bond donors (Lipinski definition) is 3. The number of aryl methyl sites for hydroxylation is 2. The lowest BCUT2D eigenvalue weighted by atomic mass is 10.1. The van der Waals surface area contributed by atoms with Crippen LogP contribution in [0.5, 0.6) is 0 Å². The molecule has 23 heavy (non-hydrogen) atoms. The number of carbonyl (C=O) groups is 2. The highest BCUT2D eigenvalue weighted by molar-refractivity contribution is 5.83. The van der Waals surface area contributed by atoms with Gasteiger partial charge >= 0.3 is 0 Å². The van der Waals surface area contributed by atoms with Gasteiger partial charge in [0.05, 0.1) is 0 Å². The number of nitrogens with two attached hydrogens (primary N) is 1. The second-order valence-electron chi connectivity index (χ2n) is 5.69. The number of aromatic nitrogens is 2. The fourth-order valence-corrected chi connectivity index (χ4v) is 2.84. The Hall–Kier alpha value is -2.22. The summed E-state index contributed by atoms with van der Waals surface area (Å²) < 4.78 is 0. The maximum Gasteiger partial charge on any atom is 0.238 e. The van der Waals surface area contributed by atoms with Crippen molar-refractivity contribution in [3.8, 4) is 0 Å². The lowest BCUT2D eigenvalue weighted by Gasteiger charge is -2.32. The van der Waals surface area contributed by atoms with Crippen molar-refractivity contribution in [3.63, 3.8) is 0 Å². The number of rotatable bonds is 4. The highest BCUT2D eigenvalue weighted by atomic mass is 16.2. The van der Waals surface area contributed by atoms with Gasteiger partial charge in [0.25, 0.3) is 0 Å². The Morgan fingerprint density at radius 3 is 2.61 bits per heavy atom. The number of anilines is 1. The Labute approximate surface area is 135 Å². The van der Waals surface area contributed by atoms with Crippen LogP contribution in [0, 0.1) is 13.8 Å². The normalized spacial score (nSPS) is 17.9. The van der Waals surface area contributed by atoms with E-state index in [-0.39, 0.29) is 23.8 Å². The first-order chi connectivity index (χ1) is 10.9. The molecule has 126 valence electrons. The number of nitrogens with one attached hydrogen (secondary N) is 2. The standard InChI is InChI=1S/C15H24N6O2/c1-9-11(10(2)20-15(16)19-9)4-5-13(22)21-7-6-18-12(8-21)14(23)17-3/h12,18H,4-8H2,1-3H3,(H,17,23)(H2,16,19,20)/t12-/m1/s1. The molecule has 0 aliphatic carbocycles. The Bertz CT molecular complexity index is 581. The van der Waals surface area contributed by atoms with E-state index >= 15 is 0 Å². The first kappa shape index (κ1) is 17.1. The minimum absolute atomic E-state index is 0.0380. The molecule has 0 saturated carbocycles. The van der Waals surface area contributed by atoms with E-state index in [1.54, 1.807) is 11.9 Å². The van der Waals surface area contributed by atoms with Gasteiger partial charge in [-0.3, -0.25) is 9.59 Å². The molecule has 8 nitrogen and oxygen atoms in total. The summed E-state index contributed by atoms with van der Waals surface area (Å²) in [6, 6.07) is -0.346. The van der Waals surface area contributed by atoms with Crippen molar-refractivity contribution in [1.29, 1.82) is 0 Å². The molecule has 1 saturated heterocycles. The molecule has 1 aliphatic heterocycles. The average molecular weight is 320 g/mol. The van der Waals surface area contributed by atoms with Crippen molar-refractivity contribution in [2.45, 2.75) is 32.7 Å². The minimum Gasteiger partial charge on any atom is -0.368 e. The molecule has 0 spiro atoms. The second-order valence-corrected chi connectivity index (χ2v) is 5.69. The molecular formula is C15H24N6O2. The van der Waals surface area contributed by atoms with E-state index in [9.17, 15) is 9.59 Å². The summed E-state index contributed by atoms with van der Waals surface area (Å²) >= 11 is 0. The molecular weight excluding hydrogens is 296 g/mol. The Morgan fingerprint density at radius 1 is 1.35 bits per heavy atom. The van der Waals surface area contributed by atoms with E-state index in [0.717, 1.165) is 17.0 Å². The van der Waals surface area contributed by atoms with Gasteiger partial charge in [-0.05, 0) is 25.8 Å². The molecule has 2 amide bonds. The molecule has 2 rings (SSSR count). The highest BCUT2D eigenvalue weighted by Gasteiger charge is 2.27. The van der Waals surface area contributed by atoms with Crippen LogP contribution in [-0.4, -0.2) is 59.4 Å². The minimum atomic E-state index is -0.346. The zero-order valence-corrected chi connectivity index (χ0v) is 13.8. The van der Waals surface area contributed by atoms with Crippen molar-refractivity contribution in [3.05, 3.63) is 17.0 Å². The first-order valence-electron chi connectivity index (χ1n) is 7.74. The van der Waals surface area contributed by atoms with Gasteiger partial charge < -0.3 is 21.3 Å². The van der Waals surface area contributed by atoms with Crippen LogP contribution in [0.3, 0.4) is 0 Å². The predicted molar refractivity (Wildman–Crippen MR) is 86.7 cm³/mol. The number of likely N-dealkylation sites (N-methyl/N-ethyl adjacent to an activating group) is 1. The quantitative estimate of drug-likeness (QED) is 0.666. The molecule has 1 fully saturated rings. The predicted octanol–water partition coefficient (Wildman–Crippen LogP) is -0.845. The summed E-state index contributed by atoms with van der Waals surface area (Å²) in [5.41, 5.74) is 8.20. The molecule has 1 atom stereocenters. The van der Waals surface area contributed by atoms with E-state index in [1.807, 2.05) is 13.8 Å². The number of nitrogen functional groups attached to an aromatic ring is 1. The van der Waals surface area contributed by atoms with Crippen LogP contribution in [0.4, 0.5) is 5.95 Å². The third kappa shape index (κ3) is 4.16. The summed E-state index contributed by atoms with van der Waals surface area (Å²) in [7, 11) is 1.59. The Balaban J connectivity index is 1.96. The third-order valence-corrected chi connectivity index (χ3v) is 4.12. The molecule has 1 aromatic heterocycles. The first-order valence-corrected chi connectivity index (χ1v) is 7.74. The Morgan fingerprint density at radius 2 is 2.00 bits per heavy atom. The van der Waals surface area contributed by atoms with Crippen molar-refractivity contribution in [2.24, 2.45) is 0 Å². The van der Waals surface area contributed by atoms with Gasteiger partial charge in [0.15, 0.2) is 0 Å². The van der Waals surface area contributed by atoms with E-state index in [2.05, 4.69) is 20.6 Å². The monoisotopic (exact) mass is 320 g/mol. The summed E-state index contributed by atoms with van der Waals surface area (Å²) in [6.45, 7) is 5.37. The summed E-state index contributed by atoms with van der Waals surface area (Å²) in [4.78, 5) is 34.1. The topological polar surface area (TPSA) is 113 Å². The zero-order valence-electron chi connectivity index (χ0n) is 13.8. The van der Waals surface area contributed by atoms with Gasteiger partial charge in [-0.25, -0.2) is 9.97 Å². The smallest absolute Gasteiger partial charge is 0.238 e. The third-order valence-electron chi connectivity index (χ3n) is 4.12. The van der Waals surface area contributed by atoms with Crippen LogP contribution in [-0.2, 0) is 16.0 Å². The SMILES string of the molecule is CNC(=O)[C@H]1CN(C(=O)CCc2c(C)nc(N)nc2C)CCN1. The summed E-state index contributed by atoms with van der Waals surface area (Å²) in [6.07, 6.45) is 0.945. The summed E-state index contributed by atoms with van der Waals surface area (Å²) in [5.74, 6) is 0.197. The number of carbonyl (C=O) groups excluding carboxylic acids is 2. The molecule has 2 heterocycles. The lowest BCUT2D eigenvalue weighted by molar-refractivity contribution is -0.134. The van der Waals surface area contributed by atoms with E-state index in [1.165, 1.54) is 0 Å². The van der Waals surface area contributed by atoms with Crippen LogP contribution >= 0.6 is 0 Å². The second kappa shape index (κ2) is 7.36. The van der Waals surface area contributed by atoms with Crippen LogP contribution in [0.2, 0.25) is 0 Å². The summed E-state index contributed by atoms with van der Waals surface area (Å²) in [5, 5.41) is 5.72.